The van der Waals surface area contributed by atoms with Crippen molar-refractivity contribution in [1.82, 2.24) is 19.3 Å². The summed E-state index contributed by atoms with van der Waals surface area (Å²) in [5.74, 6) is 1.06. The first kappa shape index (κ1) is 17.0. The molecule has 28 heavy (non-hydrogen) atoms. The van der Waals surface area contributed by atoms with Crippen LogP contribution in [0, 0.1) is 0 Å². The first-order valence-electron chi connectivity index (χ1n) is 9.79. The molecule has 0 aliphatic carbocycles. The standard InChI is InChI=1S/C23H23N5/c1-2-7-19(8-3-1)9-5-13-26-15-17-27(18-16-26)23-21-11-6-14-28(21)22-20(25-23)10-4-12-24-22/h1-12,14H,13,15-18H2/b9-5+. The molecule has 1 saturated heterocycles. The average molecular weight is 369 g/mol. The molecule has 5 nitrogen and oxygen atoms in total. The van der Waals surface area contributed by atoms with Crippen LogP contribution >= 0.6 is 0 Å². The van der Waals surface area contributed by atoms with Crippen molar-refractivity contribution < 1.29 is 0 Å². The van der Waals surface area contributed by atoms with E-state index in [4.69, 9.17) is 4.98 Å². The molecule has 0 bridgehead atoms. The molecule has 1 aromatic carbocycles. The molecule has 0 N–H and O–H groups in total. The van der Waals surface area contributed by atoms with Gasteiger partial charge in [0.1, 0.15) is 5.52 Å². The Morgan fingerprint density at radius 2 is 1.75 bits per heavy atom. The quantitative estimate of drug-likeness (QED) is 0.549. The number of aromatic nitrogens is 3. The average Bonchev–Trinajstić information content (AvgIpc) is 3.25. The van der Waals surface area contributed by atoms with Crippen LogP contribution in [-0.4, -0.2) is 52.0 Å². The van der Waals surface area contributed by atoms with Crippen molar-refractivity contribution in [3.05, 3.63) is 78.6 Å². The number of anilines is 1. The minimum atomic E-state index is 0.913. The van der Waals surface area contributed by atoms with Gasteiger partial charge >= 0.3 is 0 Å². The lowest BCUT2D eigenvalue weighted by atomic mass is 10.2. The van der Waals surface area contributed by atoms with Crippen molar-refractivity contribution in [3.8, 4) is 0 Å². The van der Waals surface area contributed by atoms with E-state index in [1.165, 1.54) is 5.56 Å². The van der Waals surface area contributed by atoms with Crippen LogP contribution in [0.3, 0.4) is 0 Å². The summed E-state index contributed by atoms with van der Waals surface area (Å²) in [7, 11) is 0. The Labute approximate surface area is 164 Å². The Balaban J connectivity index is 1.30. The van der Waals surface area contributed by atoms with Gasteiger partial charge in [-0.2, -0.15) is 0 Å². The second kappa shape index (κ2) is 7.44. The van der Waals surface area contributed by atoms with Crippen LogP contribution in [0.1, 0.15) is 5.56 Å². The number of piperazine rings is 1. The van der Waals surface area contributed by atoms with Crippen molar-refractivity contribution in [2.24, 2.45) is 0 Å². The molecule has 1 aliphatic heterocycles. The maximum absolute atomic E-state index is 4.94. The Morgan fingerprint density at radius 1 is 0.893 bits per heavy atom. The van der Waals surface area contributed by atoms with E-state index in [0.29, 0.717) is 0 Å². The van der Waals surface area contributed by atoms with Gasteiger partial charge in [0.05, 0.1) is 5.52 Å². The number of benzene rings is 1. The molecular formula is C23H23N5. The first-order chi connectivity index (χ1) is 13.9. The van der Waals surface area contributed by atoms with Crippen LogP contribution in [0.5, 0.6) is 0 Å². The van der Waals surface area contributed by atoms with Gasteiger partial charge in [-0.05, 0) is 29.8 Å². The predicted molar refractivity (Wildman–Crippen MR) is 115 cm³/mol. The summed E-state index contributed by atoms with van der Waals surface area (Å²) in [6.45, 7) is 5.04. The lowest BCUT2D eigenvalue weighted by molar-refractivity contribution is 0.284. The van der Waals surface area contributed by atoms with Gasteiger partial charge in [0.15, 0.2) is 11.5 Å². The zero-order valence-electron chi connectivity index (χ0n) is 15.8. The maximum atomic E-state index is 4.94. The fraction of sp³-hybridized carbons (Fsp3) is 0.217. The van der Waals surface area contributed by atoms with Crippen LogP contribution in [0.4, 0.5) is 5.82 Å². The zero-order valence-corrected chi connectivity index (χ0v) is 15.8. The highest BCUT2D eigenvalue weighted by molar-refractivity contribution is 5.82. The van der Waals surface area contributed by atoms with E-state index < -0.39 is 0 Å². The Kier molecular flexibility index (Phi) is 4.51. The van der Waals surface area contributed by atoms with Crippen molar-refractivity contribution in [2.45, 2.75) is 0 Å². The normalized spacial score (nSPS) is 15.8. The molecule has 1 fully saturated rings. The summed E-state index contributed by atoms with van der Waals surface area (Å²) >= 11 is 0. The van der Waals surface area contributed by atoms with Crippen LogP contribution in [0.25, 0.3) is 22.8 Å². The second-order valence-corrected chi connectivity index (χ2v) is 7.15. The van der Waals surface area contributed by atoms with Gasteiger partial charge in [-0.1, -0.05) is 42.5 Å². The third-order valence-corrected chi connectivity index (χ3v) is 5.34. The van der Waals surface area contributed by atoms with Crippen molar-refractivity contribution in [3.63, 3.8) is 0 Å². The number of hydrogen-bond acceptors (Lipinski definition) is 4. The largest absolute Gasteiger partial charge is 0.352 e. The van der Waals surface area contributed by atoms with E-state index in [9.17, 15) is 0 Å². The van der Waals surface area contributed by atoms with Gasteiger partial charge in [-0.3, -0.25) is 9.30 Å². The van der Waals surface area contributed by atoms with E-state index in [1.807, 2.05) is 18.3 Å². The topological polar surface area (TPSA) is 36.7 Å². The fourth-order valence-corrected chi connectivity index (χ4v) is 3.86. The number of hydrogen-bond donors (Lipinski definition) is 0. The van der Waals surface area contributed by atoms with Crippen LogP contribution in [-0.2, 0) is 0 Å². The molecule has 3 aromatic heterocycles. The van der Waals surface area contributed by atoms with E-state index in [-0.39, 0.29) is 0 Å². The number of fused-ring (bicyclic) bond motifs is 3. The van der Waals surface area contributed by atoms with Gasteiger partial charge in [0, 0.05) is 45.1 Å². The molecule has 0 atom stereocenters. The van der Waals surface area contributed by atoms with E-state index in [1.54, 1.807) is 0 Å². The summed E-state index contributed by atoms with van der Waals surface area (Å²) in [4.78, 5) is 14.3. The zero-order chi connectivity index (χ0) is 18.8. The summed E-state index contributed by atoms with van der Waals surface area (Å²) in [5.41, 5.74) is 4.24. The number of nitrogens with zero attached hydrogens (tertiary/aromatic N) is 5. The molecule has 4 heterocycles. The predicted octanol–water partition coefficient (Wildman–Crippen LogP) is 3.72. The lowest BCUT2D eigenvalue weighted by Crippen LogP contribution is -2.46. The smallest absolute Gasteiger partial charge is 0.163 e. The summed E-state index contributed by atoms with van der Waals surface area (Å²) < 4.78 is 2.15. The number of pyridine rings is 1. The van der Waals surface area contributed by atoms with Gasteiger partial charge in [0.2, 0.25) is 0 Å². The van der Waals surface area contributed by atoms with Gasteiger partial charge in [-0.25, -0.2) is 9.97 Å². The van der Waals surface area contributed by atoms with Gasteiger partial charge in [0.25, 0.3) is 0 Å². The first-order valence-corrected chi connectivity index (χ1v) is 9.79. The fourth-order valence-electron chi connectivity index (χ4n) is 3.86. The molecule has 0 radical (unpaired) electrons. The lowest BCUT2D eigenvalue weighted by Gasteiger charge is -2.35. The summed E-state index contributed by atoms with van der Waals surface area (Å²) in [5, 5.41) is 0. The third kappa shape index (κ3) is 3.25. The molecule has 0 saturated carbocycles. The molecule has 0 spiro atoms. The van der Waals surface area contributed by atoms with E-state index in [0.717, 1.165) is 55.2 Å². The molecule has 1 aliphatic rings. The summed E-state index contributed by atoms with van der Waals surface area (Å²) in [6, 6.07) is 18.7. The van der Waals surface area contributed by atoms with Gasteiger partial charge < -0.3 is 4.90 Å². The van der Waals surface area contributed by atoms with Crippen molar-refractivity contribution in [2.75, 3.05) is 37.6 Å². The highest BCUT2D eigenvalue weighted by Gasteiger charge is 2.20. The third-order valence-electron chi connectivity index (χ3n) is 5.34. The Hall–Kier alpha value is -3.18. The van der Waals surface area contributed by atoms with Crippen LogP contribution in [0.2, 0.25) is 0 Å². The van der Waals surface area contributed by atoms with E-state index in [2.05, 4.69) is 80.0 Å². The maximum Gasteiger partial charge on any atom is 0.163 e. The van der Waals surface area contributed by atoms with Crippen molar-refractivity contribution >= 4 is 28.6 Å². The highest BCUT2D eigenvalue weighted by atomic mass is 15.3. The summed E-state index contributed by atoms with van der Waals surface area (Å²) in [6.07, 6.45) is 8.36. The molecule has 0 unspecified atom stereocenters. The minimum Gasteiger partial charge on any atom is -0.352 e. The number of rotatable bonds is 4. The van der Waals surface area contributed by atoms with Crippen LogP contribution < -0.4 is 4.90 Å². The monoisotopic (exact) mass is 369 g/mol. The molecular weight excluding hydrogens is 346 g/mol. The van der Waals surface area contributed by atoms with Crippen molar-refractivity contribution in [1.29, 1.82) is 0 Å². The molecule has 5 rings (SSSR count). The Bertz CT molecular complexity index is 1110. The molecule has 5 heteroatoms. The van der Waals surface area contributed by atoms with E-state index >= 15 is 0 Å². The SMILES string of the molecule is C(=C\c1ccccc1)/CN1CCN(c2nc3cccnc3n3cccc23)CC1. The Morgan fingerprint density at radius 3 is 2.61 bits per heavy atom. The molecule has 140 valence electrons. The van der Waals surface area contributed by atoms with Crippen LogP contribution in [0.15, 0.2) is 73.1 Å². The highest BCUT2D eigenvalue weighted by Crippen LogP contribution is 2.25. The van der Waals surface area contributed by atoms with Gasteiger partial charge in [-0.15, -0.1) is 0 Å². The minimum absolute atomic E-state index is 0.913. The second-order valence-electron chi connectivity index (χ2n) is 7.15. The molecule has 4 aromatic rings. The molecule has 0 amide bonds.